The van der Waals surface area contributed by atoms with Crippen molar-refractivity contribution < 1.29 is 9.90 Å². The molecular weight excluding hydrogens is 546 g/mol. The Morgan fingerprint density at radius 2 is 1.74 bits per heavy atom. The number of carbonyl (C=O) groups is 1. The third-order valence-corrected chi connectivity index (χ3v) is 7.08. The second-order valence-electron chi connectivity index (χ2n) is 10.6. The van der Waals surface area contributed by atoms with Crippen LogP contribution in [0.3, 0.4) is 0 Å². The number of allylic oxidation sites excluding steroid dienone is 2. The number of rotatable bonds is 12. The first-order valence-electron chi connectivity index (χ1n) is 14.6. The fraction of sp³-hybridized carbons (Fsp3) is 0.469. The lowest BCUT2D eigenvalue weighted by atomic mass is 10.0. The van der Waals surface area contributed by atoms with Crippen LogP contribution in [0.25, 0.3) is 27.0 Å². The largest absolute Gasteiger partial charge is 0.382 e. The summed E-state index contributed by atoms with van der Waals surface area (Å²) in [6.07, 6.45) is 9.53. The van der Waals surface area contributed by atoms with Gasteiger partial charge in [-0.3, -0.25) is 10.3 Å². The normalized spacial score (nSPS) is 11.4. The number of aliphatic hydroxyl groups is 1. The highest BCUT2D eigenvalue weighted by Crippen LogP contribution is 2.36. The number of benzene rings is 1. The van der Waals surface area contributed by atoms with Crippen molar-refractivity contribution in [3.63, 3.8) is 0 Å². The van der Waals surface area contributed by atoms with Crippen LogP contribution in [0.5, 0.6) is 0 Å². The van der Waals surface area contributed by atoms with Gasteiger partial charge < -0.3 is 15.3 Å². The summed E-state index contributed by atoms with van der Waals surface area (Å²) in [6, 6.07) is 3.56. The minimum Gasteiger partial charge on any atom is -0.382 e. The number of thiazole rings is 1. The monoisotopic (exact) mass is 593 g/mol. The molecule has 0 bridgehead atoms. The van der Waals surface area contributed by atoms with E-state index in [4.69, 9.17) is 0 Å². The van der Waals surface area contributed by atoms with Crippen LogP contribution in [-0.2, 0) is 5.60 Å². The van der Waals surface area contributed by atoms with E-state index in [2.05, 4.69) is 62.8 Å². The minimum absolute atomic E-state index is 0.311. The number of fused-ring (bicyclic) bond motifs is 1. The molecule has 1 aromatic carbocycles. The molecule has 0 saturated heterocycles. The molecule has 2 aromatic heterocycles. The molecule has 42 heavy (non-hydrogen) atoms. The van der Waals surface area contributed by atoms with Crippen molar-refractivity contribution in [1.29, 1.82) is 0 Å². The lowest BCUT2D eigenvalue weighted by Crippen LogP contribution is -2.28. The van der Waals surface area contributed by atoms with E-state index in [0.29, 0.717) is 28.7 Å². The molecule has 0 radical (unpaired) electrons. The predicted octanol–water partition coefficient (Wildman–Crippen LogP) is 7.26. The highest BCUT2D eigenvalue weighted by Gasteiger charge is 2.20. The quantitative estimate of drug-likeness (QED) is 0.190. The van der Waals surface area contributed by atoms with Crippen LogP contribution in [0.1, 0.15) is 79.6 Å². The molecule has 0 aliphatic carbocycles. The number of hydrogen-bond acceptors (Lipinski definition) is 8. The summed E-state index contributed by atoms with van der Waals surface area (Å²) >= 11 is 1.36. The summed E-state index contributed by atoms with van der Waals surface area (Å²) < 4.78 is 0.860. The third kappa shape index (κ3) is 10.7. The zero-order valence-electron chi connectivity index (χ0n) is 26.4. The number of anilines is 1. The van der Waals surface area contributed by atoms with Gasteiger partial charge in [0, 0.05) is 36.3 Å². The van der Waals surface area contributed by atoms with E-state index >= 15 is 0 Å². The summed E-state index contributed by atoms with van der Waals surface area (Å²) in [6.45, 7) is 24.2. The van der Waals surface area contributed by atoms with Crippen molar-refractivity contribution in [2.24, 2.45) is 4.99 Å². The first-order chi connectivity index (χ1) is 19.9. The van der Waals surface area contributed by atoms with Gasteiger partial charge in [0.15, 0.2) is 11.0 Å². The standard InChI is InChI=1S/C24H28N6O2S.C8H19N/c1-7-25-22(31)30-23-29-19-11-16(17-12-27-21(28-13-17)24(5,6)32)10-18(20(19)33-23)15(4)26-9-8-14(2)3;1-4-7-9(6-3)8-5-2/h8-13,32H,4,7H2,1-3,5-6H3,(H2,25,29,30,31);4-8H2,1-3H3. The Morgan fingerprint density at radius 1 is 1.10 bits per heavy atom. The van der Waals surface area contributed by atoms with Gasteiger partial charge in [0.2, 0.25) is 0 Å². The number of carbonyl (C=O) groups excluding carboxylic acids is 1. The van der Waals surface area contributed by atoms with E-state index in [1.54, 1.807) is 32.5 Å². The maximum absolute atomic E-state index is 12.0. The molecule has 0 atom stereocenters. The molecule has 2 heterocycles. The van der Waals surface area contributed by atoms with Crippen LogP contribution in [0.2, 0.25) is 0 Å². The minimum atomic E-state index is -1.13. The second kappa shape index (κ2) is 16.8. The third-order valence-electron chi connectivity index (χ3n) is 6.06. The number of amides is 2. The average molecular weight is 594 g/mol. The molecule has 228 valence electrons. The molecule has 2 amide bonds. The number of nitrogens with zero attached hydrogens (tertiary/aromatic N) is 5. The van der Waals surface area contributed by atoms with Gasteiger partial charge in [-0.05, 0) is 90.9 Å². The van der Waals surface area contributed by atoms with Gasteiger partial charge in [0.25, 0.3) is 0 Å². The first-order valence-corrected chi connectivity index (χ1v) is 15.4. The maximum atomic E-state index is 12.0. The van der Waals surface area contributed by atoms with E-state index in [1.807, 2.05) is 39.0 Å². The van der Waals surface area contributed by atoms with Gasteiger partial charge in [-0.2, -0.15) is 0 Å². The molecule has 0 aliphatic rings. The van der Waals surface area contributed by atoms with Gasteiger partial charge in [0.05, 0.1) is 15.9 Å². The van der Waals surface area contributed by atoms with Gasteiger partial charge in [-0.15, -0.1) is 0 Å². The number of urea groups is 1. The fourth-order valence-corrected chi connectivity index (χ4v) is 4.95. The van der Waals surface area contributed by atoms with Crippen LogP contribution in [0, 0.1) is 0 Å². The smallest absolute Gasteiger partial charge is 0.321 e. The fourth-order valence-electron chi connectivity index (χ4n) is 3.97. The summed E-state index contributed by atoms with van der Waals surface area (Å²) in [5.41, 5.74) is 3.66. The molecular formula is C32H47N7O2S. The zero-order valence-corrected chi connectivity index (χ0v) is 27.2. The van der Waals surface area contributed by atoms with Gasteiger partial charge in [0.1, 0.15) is 5.60 Å². The van der Waals surface area contributed by atoms with Crippen molar-refractivity contribution in [1.82, 2.24) is 25.2 Å². The van der Waals surface area contributed by atoms with Gasteiger partial charge >= 0.3 is 6.03 Å². The maximum Gasteiger partial charge on any atom is 0.321 e. The summed E-state index contributed by atoms with van der Waals surface area (Å²) in [4.78, 5) is 32.2. The molecule has 0 aliphatic heterocycles. The van der Waals surface area contributed by atoms with Crippen molar-refractivity contribution in [3.05, 3.63) is 54.1 Å². The number of nitrogens with one attached hydrogen (secondary N) is 2. The molecule has 0 unspecified atom stereocenters. The Bertz CT molecular complexity index is 1360. The van der Waals surface area contributed by atoms with Crippen molar-refractivity contribution in [3.8, 4) is 11.1 Å². The predicted molar refractivity (Wildman–Crippen MR) is 178 cm³/mol. The van der Waals surface area contributed by atoms with Crippen LogP contribution in [0.15, 0.2) is 47.7 Å². The van der Waals surface area contributed by atoms with Gasteiger partial charge in [-0.1, -0.05) is 44.3 Å². The van der Waals surface area contributed by atoms with Crippen molar-refractivity contribution >= 4 is 44.6 Å². The highest BCUT2D eigenvalue weighted by atomic mass is 32.1. The van der Waals surface area contributed by atoms with E-state index in [0.717, 1.165) is 27.0 Å². The molecule has 3 rings (SSSR count). The van der Waals surface area contributed by atoms with Crippen LogP contribution in [-0.4, -0.2) is 63.4 Å². The van der Waals surface area contributed by atoms with Crippen LogP contribution < -0.4 is 10.6 Å². The Kier molecular flexibility index (Phi) is 13.9. The lowest BCUT2D eigenvalue weighted by Gasteiger charge is -2.17. The molecule has 3 aromatic rings. The van der Waals surface area contributed by atoms with Crippen molar-refractivity contribution in [2.45, 2.75) is 73.8 Å². The molecule has 0 fully saturated rings. The number of aliphatic imine (C=N–C) groups is 1. The number of aromatic nitrogens is 3. The SMILES string of the molecule is C=C(N=CC=C(C)C)c1cc(-c2cnc(C(C)(C)O)nc2)cc2nc(NC(=O)NCC)sc12.CCCN(CC)CCC. The van der Waals surface area contributed by atoms with Crippen LogP contribution >= 0.6 is 11.3 Å². The summed E-state index contributed by atoms with van der Waals surface area (Å²) in [5, 5.41) is 16.1. The van der Waals surface area contributed by atoms with E-state index in [9.17, 15) is 9.90 Å². The molecule has 0 spiro atoms. The molecule has 10 heteroatoms. The average Bonchev–Trinajstić information content (AvgIpc) is 3.34. The number of hydrogen-bond donors (Lipinski definition) is 3. The Balaban J connectivity index is 0.000000592. The summed E-state index contributed by atoms with van der Waals surface area (Å²) in [7, 11) is 0. The van der Waals surface area contributed by atoms with E-state index < -0.39 is 5.60 Å². The van der Waals surface area contributed by atoms with Crippen LogP contribution in [0.4, 0.5) is 9.93 Å². The molecule has 3 N–H and O–H groups in total. The second-order valence-corrected chi connectivity index (χ2v) is 11.6. The topological polar surface area (TPSA) is 116 Å². The van der Waals surface area contributed by atoms with Gasteiger partial charge in [-0.25, -0.2) is 19.7 Å². The van der Waals surface area contributed by atoms with E-state index in [-0.39, 0.29) is 6.03 Å². The Morgan fingerprint density at radius 3 is 2.26 bits per heavy atom. The lowest BCUT2D eigenvalue weighted by molar-refractivity contribution is 0.0687. The molecule has 9 nitrogen and oxygen atoms in total. The van der Waals surface area contributed by atoms with Crippen molar-refractivity contribution in [2.75, 3.05) is 31.5 Å². The Hall–Kier alpha value is -3.47. The molecule has 0 saturated carbocycles. The summed E-state index contributed by atoms with van der Waals surface area (Å²) in [5.74, 6) is 0.338. The van der Waals surface area contributed by atoms with E-state index in [1.165, 1.54) is 43.8 Å². The highest BCUT2D eigenvalue weighted by molar-refractivity contribution is 7.22. The Labute approximate surface area is 254 Å². The zero-order chi connectivity index (χ0) is 31.3. The first kappa shape index (κ1) is 34.7.